The fraction of sp³-hybridized carbons (Fsp3) is 0.174. The van der Waals surface area contributed by atoms with Crippen molar-refractivity contribution in [1.29, 1.82) is 0 Å². The van der Waals surface area contributed by atoms with Gasteiger partial charge in [-0.15, -0.1) is 0 Å². The van der Waals surface area contributed by atoms with Crippen molar-refractivity contribution < 1.29 is 9.59 Å². The number of rotatable bonds is 8. The Morgan fingerprint density at radius 1 is 0.828 bits per heavy atom. The van der Waals surface area contributed by atoms with E-state index in [0.717, 1.165) is 25.1 Å². The first-order valence-electron chi connectivity index (χ1n) is 9.53. The van der Waals surface area contributed by atoms with E-state index in [-0.39, 0.29) is 11.8 Å². The van der Waals surface area contributed by atoms with Crippen molar-refractivity contribution in [2.75, 3.05) is 22.5 Å². The predicted molar refractivity (Wildman–Crippen MR) is 116 cm³/mol. The molecule has 0 fully saturated rings. The third-order valence-corrected chi connectivity index (χ3v) is 4.27. The molecule has 6 nitrogen and oxygen atoms in total. The Hall–Kier alpha value is -3.67. The standard InChI is InChI=1S/C23H24N4O2/c1-17(28)26-19-9-11-20(12-10-19)27-23(29)22-14-13-21(16-25-22)24-15-5-8-18-6-3-2-4-7-18/h2-4,6-7,9-14,16,24H,5,8,15H2,1H3,(H,26,28)(H,27,29). The second kappa shape index (κ2) is 10.0. The number of hydrogen-bond acceptors (Lipinski definition) is 4. The van der Waals surface area contributed by atoms with Crippen LogP contribution in [0, 0.1) is 0 Å². The van der Waals surface area contributed by atoms with Crippen molar-refractivity contribution in [3.8, 4) is 0 Å². The van der Waals surface area contributed by atoms with Crippen LogP contribution in [0.15, 0.2) is 72.9 Å². The van der Waals surface area contributed by atoms with Gasteiger partial charge in [-0.2, -0.15) is 0 Å². The summed E-state index contributed by atoms with van der Waals surface area (Å²) in [6.07, 6.45) is 3.69. The molecule has 1 heterocycles. The molecule has 0 unspecified atom stereocenters. The number of aromatic nitrogens is 1. The van der Waals surface area contributed by atoms with E-state index in [1.54, 1.807) is 36.5 Å². The van der Waals surface area contributed by atoms with Gasteiger partial charge in [0.05, 0.1) is 11.9 Å². The third-order valence-electron chi connectivity index (χ3n) is 4.27. The minimum atomic E-state index is -0.284. The summed E-state index contributed by atoms with van der Waals surface area (Å²) in [6, 6.07) is 20.8. The van der Waals surface area contributed by atoms with Crippen LogP contribution < -0.4 is 16.0 Å². The van der Waals surface area contributed by atoms with Gasteiger partial charge in [0.15, 0.2) is 0 Å². The van der Waals surface area contributed by atoms with Gasteiger partial charge in [-0.25, -0.2) is 4.98 Å². The summed E-state index contributed by atoms with van der Waals surface area (Å²) in [5, 5.41) is 8.80. The Labute approximate surface area is 170 Å². The normalized spacial score (nSPS) is 10.2. The third kappa shape index (κ3) is 6.46. The maximum atomic E-state index is 12.3. The van der Waals surface area contributed by atoms with E-state index < -0.39 is 0 Å². The molecule has 2 aromatic carbocycles. The molecule has 0 radical (unpaired) electrons. The monoisotopic (exact) mass is 388 g/mol. The SMILES string of the molecule is CC(=O)Nc1ccc(NC(=O)c2ccc(NCCCc3ccccc3)cn2)cc1. The van der Waals surface area contributed by atoms with Gasteiger partial charge in [-0.3, -0.25) is 9.59 Å². The van der Waals surface area contributed by atoms with Crippen molar-refractivity contribution in [2.24, 2.45) is 0 Å². The number of aryl methyl sites for hydroxylation is 1. The Balaban J connectivity index is 1.46. The van der Waals surface area contributed by atoms with Gasteiger partial charge in [0, 0.05) is 24.8 Å². The molecule has 0 aliphatic heterocycles. The highest BCUT2D eigenvalue weighted by molar-refractivity contribution is 6.03. The number of anilines is 3. The van der Waals surface area contributed by atoms with Gasteiger partial charge in [-0.05, 0) is 54.8 Å². The van der Waals surface area contributed by atoms with E-state index in [1.165, 1.54) is 12.5 Å². The molecule has 3 N–H and O–H groups in total. The lowest BCUT2D eigenvalue weighted by atomic mass is 10.1. The van der Waals surface area contributed by atoms with E-state index in [9.17, 15) is 9.59 Å². The molecule has 0 aliphatic carbocycles. The number of benzene rings is 2. The van der Waals surface area contributed by atoms with Gasteiger partial charge in [-0.1, -0.05) is 30.3 Å². The number of pyridine rings is 1. The molecule has 2 amide bonds. The molecule has 3 rings (SSSR count). The number of nitrogens with zero attached hydrogens (tertiary/aromatic N) is 1. The molecule has 0 saturated carbocycles. The molecule has 1 aromatic heterocycles. The number of carbonyl (C=O) groups is 2. The van der Waals surface area contributed by atoms with E-state index in [1.807, 2.05) is 24.3 Å². The Kier molecular flexibility index (Phi) is 6.95. The van der Waals surface area contributed by atoms with Crippen LogP contribution in [0.2, 0.25) is 0 Å². The van der Waals surface area contributed by atoms with Crippen LogP contribution in [-0.2, 0) is 11.2 Å². The fourth-order valence-corrected chi connectivity index (χ4v) is 2.84. The lowest BCUT2D eigenvalue weighted by molar-refractivity contribution is -0.114. The summed E-state index contributed by atoms with van der Waals surface area (Å²) >= 11 is 0. The quantitative estimate of drug-likeness (QED) is 0.501. The summed E-state index contributed by atoms with van der Waals surface area (Å²) < 4.78 is 0. The Bertz CT molecular complexity index is 939. The van der Waals surface area contributed by atoms with E-state index in [4.69, 9.17) is 0 Å². The molecule has 3 aromatic rings. The molecule has 0 spiro atoms. The molecule has 0 bridgehead atoms. The van der Waals surface area contributed by atoms with E-state index in [2.05, 4.69) is 33.1 Å². The van der Waals surface area contributed by atoms with Crippen molar-refractivity contribution in [1.82, 2.24) is 4.98 Å². The topological polar surface area (TPSA) is 83.1 Å². The smallest absolute Gasteiger partial charge is 0.274 e. The number of carbonyl (C=O) groups excluding carboxylic acids is 2. The van der Waals surface area contributed by atoms with Crippen molar-refractivity contribution in [3.05, 3.63) is 84.2 Å². The highest BCUT2D eigenvalue weighted by atomic mass is 16.2. The Morgan fingerprint density at radius 3 is 2.10 bits per heavy atom. The molecular weight excluding hydrogens is 364 g/mol. The van der Waals surface area contributed by atoms with Crippen LogP contribution in [0.25, 0.3) is 0 Å². The molecular formula is C23H24N4O2. The zero-order valence-electron chi connectivity index (χ0n) is 16.3. The van der Waals surface area contributed by atoms with Crippen LogP contribution in [0.1, 0.15) is 29.4 Å². The van der Waals surface area contributed by atoms with E-state index in [0.29, 0.717) is 17.1 Å². The maximum absolute atomic E-state index is 12.3. The minimum absolute atomic E-state index is 0.139. The zero-order chi connectivity index (χ0) is 20.5. The highest BCUT2D eigenvalue weighted by Gasteiger charge is 2.08. The first kappa shape index (κ1) is 20.1. The summed E-state index contributed by atoms with van der Waals surface area (Å²) in [7, 11) is 0. The van der Waals surface area contributed by atoms with Gasteiger partial charge in [0.1, 0.15) is 5.69 Å². The summed E-state index contributed by atoms with van der Waals surface area (Å²) in [5.41, 5.74) is 3.86. The number of amides is 2. The molecule has 148 valence electrons. The average molecular weight is 388 g/mol. The van der Waals surface area contributed by atoms with Gasteiger partial charge >= 0.3 is 0 Å². The van der Waals surface area contributed by atoms with Crippen LogP contribution in [-0.4, -0.2) is 23.3 Å². The molecule has 0 saturated heterocycles. The lowest BCUT2D eigenvalue weighted by Crippen LogP contribution is -2.14. The summed E-state index contributed by atoms with van der Waals surface area (Å²) in [4.78, 5) is 27.6. The zero-order valence-corrected chi connectivity index (χ0v) is 16.3. The van der Waals surface area contributed by atoms with Crippen molar-refractivity contribution >= 4 is 28.9 Å². The van der Waals surface area contributed by atoms with Gasteiger partial charge < -0.3 is 16.0 Å². The highest BCUT2D eigenvalue weighted by Crippen LogP contribution is 2.15. The average Bonchev–Trinajstić information content (AvgIpc) is 2.73. The van der Waals surface area contributed by atoms with Crippen LogP contribution in [0.3, 0.4) is 0 Å². The fourth-order valence-electron chi connectivity index (χ4n) is 2.84. The second-order valence-electron chi connectivity index (χ2n) is 6.66. The first-order valence-corrected chi connectivity index (χ1v) is 9.53. The molecule has 0 aliphatic rings. The largest absolute Gasteiger partial charge is 0.384 e. The molecule has 29 heavy (non-hydrogen) atoms. The molecule has 6 heteroatoms. The van der Waals surface area contributed by atoms with Crippen LogP contribution >= 0.6 is 0 Å². The first-order chi connectivity index (χ1) is 14.1. The Morgan fingerprint density at radius 2 is 1.48 bits per heavy atom. The van der Waals surface area contributed by atoms with Gasteiger partial charge in [0.25, 0.3) is 5.91 Å². The van der Waals surface area contributed by atoms with Crippen LogP contribution in [0.5, 0.6) is 0 Å². The van der Waals surface area contributed by atoms with E-state index >= 15 is 0 Å². The maximum Gasteiger partial charge on any atom is 0.274 e. The second-order valence-corrected chi connectivity index (χ2v) is 6.66. The summed E-state index contributed by atoms with van der Waals surface area (Å²) in [5.74, 6) is -0.423. The van der Waals surface area contributed by atoms with Crippen molar-refractivity contribution in [3.63, 3.8) is 0 Å². The lowest BCUT2D eigenvalue weighted by Gasteiger charge is -2.08. The number of hydrogen-bond donors (Lipinski definition) is 3. The van der Waals surface area contributed by atoms with Gasteiger partial charge in [0.2, 0.25) is 5.91 Å². The van der Waals surface area contributed by atoms with Crippen molar-refractivity contribution in [2.45, 2.75) is 19.8 Å². The minimum Gasteiger partial charge on any atom is -0.384 e. The number of nitrogens with one attached hydrogen (secondary N) is 3. The van der Waals surface area contributed by atoms with Crippen LogP contribution in [0.4, 0.5) is 17.1 Å². The molecule has 0 atom stereocenters. The summed E-state index contributed by atoms with van der Waals surface area (Å²) in [6.45, 7) is 2.28. The predicted octanol–water partition coefficient (Wildman–Crippen LogP) is 4.34.